The Bertz CT molecular complexity index is 1940. The number of terminal acetylenes is 1. The summed E-state index contributed by atoms with van der Waals surface area (Å²) in [5, 5.41) is 5.38. The SMILES string of the molecule is C#Cc1c(C(=O)N2CCN(C(=O)c3nc4c(s3)CNC(C)C4)CC2)n(S(=O)(=O)c2cccc([Si](C)(C)C)c2)c2ccccc12. The molecule has 44 heavy (non-hydrogen) atoms. The zero-order valence-corrected chi connectivity index (χ0v) is 27.9. The average Bonchev–Trinajstić information content (AvgIpc) is 3.59. The molecule has 4 heterocycles. The normalized spacial score (nSPS) is 17.4. The molecule has 0 saturated carbocycles. The predicted octanol–water partition coefficient (Wildman–Crippen LogP) is 3.49. The molecule has 228 valence electrons. The Morgan fingerprint density at radius 2 is 1.70 bits per heavy atom. The third-order valence-electron chi connectivity index (χ3n) is 8.34. The smallest absolute Gasteiger partial charge is 0.282 e. The number of fused-ring (bicyclic) bond motifs is 2. The monoisotopic (exact) mass is 645 g/mol. The lowest BCUT2D eigenvalue weighted by Gasteiger charge is -2.34. The van der Waals surface area contributed by atoms with Crippen molar-refractivity contribution in [3.8, 4) is 12.3 Å². The molecule has 2 amide bonds. The number of nitrogens with zero attached hydrogens (tertiary/aromatic N) is 4. The zero-order valence-electron chi connectivity index (χ0n) is 25.3. The standard InChI is InChI=1S/C32H35N5O4S2Si/c1-6-24-25-12-7-8-13-27(25)37(43(40,41)22-10-9-11-23(19-22)44(3,4)5)29(24)31(38)35-14-16-36(17-15-35)32(39)30-34-26-18-21(2)33-20-28(26)42-30/h1,7-13,19,21,33H,14-18,20H2,2-5H3. The first-order valence-corrected chi connectivity index (χ1v) is 20.4. The fourth-order valence-corrected chi connectivity index (χ4v) is 9.69. The largest absolute Gasteiger partial charge is 0.334 e. The topological polar surface area (TPSA) is 105 Å². The lowest BCUT2D eigenvalue weighted by Crippen LogP contribution is -2.51. The quantitative estimate of drug-likeness (QED) is 0.263. The van der Waals surface area contributed by atoms with Gasteiger partial charge in [0.25, 0.3) is 21.8 Å². The van der Waals surface area contributed by atoms with Gasteiger partial charge in [0.1, 0.15) is 5.69 Å². The van der Waals surface area contributed by atoms with E-state index in [9.17, 15) is 18.0 Å². The number of para-hydroxylation sites is 1. The second-order valence-electron chi connectivity index (χ2n) is 12.4. The molecule has 0 bridgehead atoms. The van der Waals surface area contributed by atoms with E-state index in [1.165, 1.54) is 11.3 Å². The molecule has 1 atom stereocenters. The van der Waals surface area contributed by atoms with Crippen molar-refractivity contribution < 1.29 is 18.0 Å². The minimum Gasteiger partial charge on any atom is -0.334 e. The summed E-state index contributed by atoms with van der Waals surface area (Å²) in [6, 6.07) is 14.2. The van der Waals surface area contributed by atoms with E-state index in [1.54, 1.807) is 52.3 Å². The van der Waals surface area contributed by atoms with Crippen LogP contribution in [0.2, 0.25) is 19.6 Å². The van der Waals surface area contributed by atoms with Crippen molar-refractivity contribution in [3.05, 3.63) is 75.4 Å². The molecule has 12 heteroatoms. The minimum atomic E-state index is -4.20. The first-order valence-electron chi connectivity index (χ1n) is 14.7. The van der Waals surface area contributed by atoms with E-state index in [0.29, 0.717) is 41.6 Å². The van der Waals surface area contributed by atoms with Gasteiger partial charge in [-0.05, 0) is 25.1 Å². The Kier molecular flexibility index (Phi) is 7.78. The van der Waals surface area contributed by atoms with Gasteiger partial charge in [0, 0.05) is 55.4 Å². The lowest BCUT2D eigenvalue weighted by molar-refractivity contribution is 0.0531. The van der Waals surface area contributed by atoms with E-state index in [2.05, 4.69) is 42.8 Å². The molecule has 1 saturated heterocycles. The Morgan fingerprint density at radius 1 is 1.02 bits per heavy atom. The zero-order chi connectivity index (χ0) is 31.4. The maximum Gasteiger partial charge on any atom is 0.282 e. The molecule has 1 unspecified atom stereocenters. The Balaban J connectivity index is 1.32. The van der Waals surface area contributed by atoms with Gasteiger partial charge < -0.3 is 15.1 Å². The molecule has 4 aromatic rings. The summed E-state index contributed by atoms with van der Waals surface area (Å²) in [6.45, 7) is 10.4. The number of thiazole rings is 1. The van der Waals surface area contributed by atoms with Gasteiger partial charge in [0.2, 0.25) is 0 Å². The summed E-state index contributed by atoms with van der Waals surface area (Å²) in [5.74, 6) is 1.99. The van der Waals surface area contributed by atoms with Gasteiger partial charge in [-0.3, -0.25) is 9.59 Å². The first kappa shape index (κ1) is 30.3. The maximum absolute atomic E-state index is 14.3. The highest BCUT2D eigenvalue weighted by atomic mass is 32.2. The van der Waals surface area contributed by atoms with Crippen LogP contribution in [0.4, 0.5) is 0 Å². The number of carbonyl (C=O) groups is 2. The predicted molar refractivity (Wildman–Crippen MR) is 176 cm³/mol. The van der Waals surface area contributed by atoms with Gasteiger partial charge in [0.15, 0.2) is 5.01 Å². The number of amides is 2. The third kappa shape index (κ3) is 5.28. The van der Waals surface area contributed by atoms with Crippen LogP contribution in [-0.2, 0) is 23.0 Å². The van der Waals surface area contributed by atoms with Crippen molar-refractivity contribution in [2.24, 2.45) is 0 Å². The number of aromatic nitrogens is 2. The summed E-state index contributed by atoms with van der Waals surface area (Å²) in [4.78, 5) is 36.7. The van der Waals surface area contributed by atoms with Crippen molar-refractivity contribution in [1.29, 1.82) is 0 Å². The number of hydrogen-bond donors (Lipinski definition) is 1. The van der Waals surface area contributed by atoms with Gasteiger partial charge in [0.05, 0.1) is 29.7 Å². The molecule has 6 rings (SSSR count). The molecule has 2 aromatic carbocycles. The van der Waals surface area contributed by atoms with Gasteiger partial charge in [-0.1, -0.05) is 61.1 Å². The number of rotatable bonds is 5. The number of nitrogens with one attached hydrogen (secondary N) is 1. The summed E-state index contributed by atoms with van der Waals surface area (Å²) < 4.78 is 29.8. The molecule has 0 aliphatic carbocycles. The van der Waals surface area contributed by atoms with Gasteiger partial charge in [-0.2, -0.15) is 0 Å². The number of piperazine rings is 1. The van der Waals surface area contributed by atoms with Gasteiger partial charge in [-0.25, -0.2) is 17.4 Å². The summed E-state index contributed by atoms with van der Waals surface area (Å²) in [5.41, 5.74) is 1.52. The summed E-state index contributed by atoms with van der Waals surface area (Å²) in [7, 11) is -6.03. The van der Waals surface area contributed by atoms with Crippen LogP contribution >= 0.6 is 11.3 Å². The van der Waals surface area contributed by atoms with Gasteiger partial charge in [-0.15, -0.1) is 17.8 Å². The minimum absolute atomic E-state index is 0.0545. The van der Waals surface area contributed by atoms with E-state index >= 15 is 0 Å². The number of carbonyl (C=O) groups excluding carboxylic acids is 2. The van der Waals surface area contributed by atoms with Crippen molar-refractivity contribution in [1.82, 2.24) is 24.1 Å². The number of hydrogen-bond acceptors (Lipinski definition) is 7. The molecule has 2 aromatic heterocycles. The average molecular weight is 646 g/mol. The van der Waals surface area contributed by atoms with Crippen LogP contribution in [0.5, 0.6) is 0 Å². The Labute approximate surface area is 263 Å². The highest BCUT2D eigenvalue weighted by Gasteiger charge is 2.35. The van der Waals surface area contributed by atoms with Crippen LogP contribution in [0.1, 0.15) is 43.3 Å². The van der Waals surface area contributed by atoms with Crippen molar-refractivity contribution in [2.75, 3.05) is 26.2 Å². The van der Waals surface area contributed by atoms with E-state index in [4.69, 9.17) is 6.42 Å². The van der Waals surface area contributed by atoms with Crippen molar-refractivity contribution >= 4 is 57.3 Å². The first-order chi connectivity index (χ1) is 20.9. The van der Waals surface area contributed by atoms with E-state index in [1.807, 2.05) is 6.07 Å². The summed E-state index contributed by atoms with van der Waals surface area (Å²) >= 11 is 1.42. The second kappa shape index (κ2) is 11.3. The van der Waals surface area contributed by atoms with Crippen molar-refractivity contribution in [2.45, 2.75) is 50.5 Å². The van der Waals surface area contributed by atoms with E-state index in [-0.39, 0.29) is 35.1 Å². The molecule has 0 radical (unpaired) electrons. The van der Waals surface area contributed by atoms with Crippen LogP contribution in [0.15, 0.2) is 53.4 Å². The third-order valence-corrected chi connectivity index (χ3v) is 13.2. The second-order valence-corrected chi connectivity index (χ2v) is 20.3. The molecule has 1 fully saturated rings. The highest BCUT2D eigenvalue weighted by Crippen LogP contribution is 2.32. The molecule has 1 N–H and O–H groups in total. The van der Waals surface area contributed by atoms with Crippen LogP contribution in [0.3, 0.4) is 0 Å². The molecule has 9 nitrogen and oxygen atoms in total. The fraction of sp³-hybridized carbons (Fsp3) is 0.344. The van der Waals surface area contributed by atoms with E-state index < -0.39 is 24.0 Å². The molecule has 0 spiro atoms. The molecule has 2 aliphatic rings. The fourth-order valence-electron chi connectivity index (χ4n) is 5.83. The molecule has 2 aliphatic heterocycles. The van der Waals surface area contributed by atoms with Crippen molar-refractivity contribution in [3.63, 3.8) is 0 Å². The van der Waals surface area contributed by atoms with Crippen LogP contribution in [0, 0.1) is 12.3 Å². The lowest BCUT2D eigenvalue weighted by atomic mass is 10.1. The van der Waals surface area contributed by atoms with Crippen LogP contribution in [0.25, 0.3) is 10.9 Å². The van der Waals surface area contributed by atoms with Crippen LogP contribution < -0.4 is 10.5 Å². The number of benzene rings is 2. The molecular formula is C32H35N5O4S2Si. The molecular weight excluding hydrogens is 611 g/mol. The van der Waals surface area contributed by atoms with Crippen LogP contribution in [-0.4, -0.2) is 79.3 Å². The maximum atomic E-state index is 14.3. The Hall–Kier alpha value is -3.76. The van der Waals surface area contributed by atoms with E-state index in [0.717, 1.165) is 26.2 Å². The highest BCUT2D eigenvalue weighted by molar-refractivity contribution is 7.90. The van der Waals surface area contributed by atoms with Gasteiger partial charge >= 0.3 is 0 Å². The summed E-state index contributed by atoms with van der Waals surface area (Å²) in [6.07, 6.45) is 6.74. The Morgan fingerprint density at radius 3 is 2.39 bits per heavy atom.